The third-order valence-corrected chi connectivity index (χ3v) is 5.89. The fraction of sp³-hybridized carbons (Fsp3) is 0.571. The summed E-state index contributed by atoms with van der Waals surface area (Å²) in [6.07, 6.45) is 0.730. The van der Waals surface area contributed by atoms with Crippen molar-refractivity contribution in [3.8, 4) is 0 Å². The Bertz CT molecular complexity index is 521. The van der Waals surface area contributed by atoms with E-state index in [2.05, 4.69) is 15.9 Å². The lowest BCUT2D eigenvalue weighted by molar-refractivity contribution is -0.153. The van der Waals surface area contributed by atoms with Gasteiger partial charge in [-0.25, -0.2) is 0 Å². The molecule has 1 N–H and O–H groups in total. The molecule has 1 aliphatic heterocycles. The molecule has 1 aromatic heterocycles. The first-order valence-corrected chi connectivity index (χ1v) is 8.23. The van der Waals surface area contributed by atoms with Gasteiger partial charge in [-0.15, -0.1) is 11.3 Å². The van der Waals surface area contributed by atoms with Crippen molar-refractivity contribution < 1.29 is 14.7 Å². The number of nitrogens with zero attached hydrogens (tertiary/aromatic N) is 1. The molecule has 2 heterocycles. The molecule has 2 rings (SSSR count). The lowest BCUT2D eigenvalue weighted by Gasteiger charge is -2.41. The fourth-order valence-corrected chi connectivity index (χ4v) is 4.47. The van der Waals surface area contributed by atoms with Gasteiger partial charge in [0.2, 0.25) is 5.91 Å². The molecule has 1 amide bonds. The highest BCUT2D eigenvalue weighted by atomic mass is 79.9. The van der Waals surface area contributed by atoms with Gasteiger partial charge < -0.3 is 10.0 Å². The molecule has 1 aromatic rings. The van der Waals surface area contributed by atoms with E-state index in [1.54, 1.807) is 16.2 Å². The second-order valence-corrected chi connectivity index (χ2v) is 7.52. The number of aryl methyl sites for hydroxylation is 1. The minimum Gasteiger partial charge on any atom is -0.481 e. The van der Waals surface area contributed by atoms with Crippen molar-refractivity contribution >= 4 is 39.1 Å². The van der Waals surface area contributed by atoms with E-state index >= 15 is 0 Å². The fourth-order valence-electron chi connectivity index (χ4n) is 2.75. The highest BCUT2D eigenvalue weighted by molar-refractivity contribution is 9.10. The van der Waals surface area contributed by atoms with Crippen molar-refractivity contribution in [1.82, 2.24) is 4.90 Å². The van der Waals surface area contributed by atoms with Crippen LogP contribution in [0.15, 0.2) is 10.5 Å². The van der Waals surface area contributed by atoms with E-state index in [4.69, 9.17) is 0 Å². The van der Waals surface area contributed by atoms with Crippen molar-refractivity contribution in [3.05, 3.63) is 20.3 Å². The van der Waals surface area contributed by atoms with E-state index in [1.807, 2.05) is 26.8 Å². The Kier molecular flexibility index (Phi) is 4.54. The number of rotatable bonds is 3. The number of thiophene rings is 1. The zero-order valence-corrected chi connectivity index (χ0v) is 14.1. The molecule has 0 spiro atoms. The number of carboxylic acids is 1. The summed E-state index contributed by atoms with van der Waals surface area (Å²) in [5, 5.41) is 9.49. The van der Waals surface area contributed by atoms with Gasteiger partial charge in [-0.3, -0.25) is 9.59 Å². The first kappa shape index (κ1) is 15.5. The largest absolute Gasteiger partial charge is 0.481 e. The van der Waals surface area contributed by atoms with E-state index in [1.165, 1.54) is 0 Å². The standard InChI is InChI=1S/C14H18BrNO3S/c1-7(2)16-12(17)5-4-9(14(18)19)13(16)11-6-10(15)8(3)20-11/h6-7,9,13H,4-5H2,1-3H3,(H,18,19). The van der Waals surface area contributed by atoms with Gasteiger partial charge in [0.1, 0.15) is 0 Å². The molecule has 6 heteroatoms. The highest BCUT2D eigenvalue weighted by Gasteiger charge is 2.42. The summed E-state index contributed by atoms with van der Waals surface area (Å²) >= 11 is 5.03. The van der Waals surface area contributed by atoms with Crippen molar-refractivity contribution in [2.45, 2.75) is 45.7 Å². The topological polar surface area (TPSA) is 57.6 Å². The summed E-state index contributed by atoms with van der Waals surface area (Å²) in [6.45, 7) is 5.85. The molecule has 1 fully saturated rings. The molecular weight excluding hydrogens is 342 g/mol. The van der Waals surface area contributed by atoms with E-state index in [-0.39, 0.29) is 18.0 Å². The van der Waals surface area contributed by atoms with Crippen molar-refractivity contribution in [2.24, 2.45) is 5.92 Å². The second-order valence-electron chi connectivity index (χ2n) is 5.38. The molecule has 2 unspecified atom stereocenters. The highest BCUT2D eigenvalue weighted by Crippen LogP contribution is 2.42. The minimum absolute atomic E-state index is 0.00386. The second kappa shape index (κ2) is 5.85. The molecule has 110 valence electrons. The summed E-state index contributed by atoms with van der Waals surface area (Å²) in [5.74, 6) is -1.31. The van der Waals surface area contributed by atoms with Crippen LogP contribution in [0.1, 0.15) is 42.5 Å². The Hall–Kier alpha value is -0.880. The molecule has 4 nitrogen and oxygen atoms in total. The molecule has 0 bridgehead atoms. The summed E-state index contributed by atoms with van der Waals surface area (Å²) < 4.78 is 0.975. The average Bonchev–Trinajstić information content (AvgIpc) is 2.68. The third-order valence-electron chi connectivity index (χ3n) is 3.68. The number of carboxylic acid groups (broad SMARTS) is 1. The van der Waals surface area contributed by atoms with E-state index < -0.39 is 11.9 Å². The number of likely N-dealkylation sites (tertiary alicyclic amines) is 1. The maximum atomic E-state index is 12.2. The van der Waals surface area contributed by atoms with Crippen molar-refractivity contribution in [2.75, 3.05) is 0 Å². The van der Waals surface area contributed by atoms with Gasteiger partial charge in [-0.1, -0.05) is 0 Å². The number of carbonyl (C=O) groups excluding carboxylic acids is 1. The van der Waals surface area contributed by atoms with Crippen LogP contribution in [0, 0.1) is 12.8 Å². The van der Waals surface area contributed by atoms with E-state index in [9.17, 15) is 14.7 Å². The summed E-state index contributed by atoms with van der Waals surface area (Å²) in [4.78, 5) is 27.6. The molecule has 0 aromatic carbocycles. The predicted octanol–water partition coefficient (Wildman–Crippen LogP) is 3.59. The van der Waals surface area contributed by atoms with Crippen LogP contribution < -0.4 is 0 Å². The van der Waals surface area contributed by atoms with Gasteiger partial charge in [0.05, 0.1) is 12.0 Å². The molecule has 0 saturated carbocycles. The summed E-state index contributed by atoms with van der Waals surface area (Å²) in [5.41, 5.74) is 0. The van der Waals surface area contributed by atoms with Crippen LogP contribution in [0.5, 0.6) is 0 Å². The minimum atomic E-state index is -0.824. The maximum absolute atomic E-state index is 12.2. The Morgan fingerprint density at radius 2 is 2.20 bits per heavy atom. The number of hydrogen-bond donors (Lipinski definition) is 1. The number of hydrogen-bond acceptors (Lipinski definition) is 3. The zero-order chi connectivity index (χ0) is 15.0. The van der Waals surface area contributed by atoms with Gasteiger partial charge in [0, 0.05) is 26.7 Å². The van der Waals surface area contributed by atoms with E-state index in [0.717, 1.165) is 14.2 Å². The van der Waals surface area contributed by atoms with Crippen LogP contribution in [0.2, 0.25) is 0 Å². The molecular formula is C14H18BrNO3S. The molecule has 20 heavy (non-hydrogen) atoms. The van der Waals surface area contributed by atoms with Crippen LogP contribution in [0.3, 0.4) is 0 Å². The quantitative estimate of drug-likeness (QED) is 0.896. The van der Waals surface area contributed by atoms with Gasteiger partial charge in [-0.2, -0.15) is 0 Å². The van der Waals surface area contributed by atoms with Gasteiger partial charge in [0.25, 0.3) is 0 Å². The first-order valence-electron chi connectivity index (χ1n) is 6.62. The SMILES string of the molecule is Cc1sc(C2C(C(=O)O)CCC(=O)N2C(C)C)cc1Br. The lowest BCUT2D eigenvalue weighted by Crippen LogP contribution is -2.48. The lowest BCUT2D eigenvalue weighted by atomic mass is 9.87. The zero-order valence-electron chi connectivity index (χ0n) is 11.7. The molecule has 0 aliphatic carbocycles. The van der Waals surface area contributed by atoms with Crippen LogP contribution in [0.4, 0.5) is 0 Å². The Balaban J connectivity index is 2.48. The number of amides is 1. The molecule has 1 saturated heterocycles. The predicted molar refractivity (Wildman–Crippen MR) is 81.8 cm³/mol. The monoisotopic (exact) mass is 359 g/mol. The summed E-state index contributed by atoms with van der Waals surface area (Å²) in [6, 6.07) is 1.59. The Morgan fingerprint density at radius 1 is 1.55 bits per heavy atom. The third kappa shape index (κ3) is 2.76. The molecule has 2 atom stereocenters. The molecule has 1 aliphatic rings. The van der Waals surface area contributed by atoms with Crippen molar-refractivity contribution in [3.63, 3.8) is 0 Å². The molecule has 0 radical (unpaired) electrons. The average molecular weight is 360 g/mol. The Morgan fingerprint density at radius 3 is 2.65 bits per heavy atom. The number of aliphatic carboxylic acids is 1. The first-order chi connectivity index (χ1) is 9.32. The number of carbonyl (C=O) groups is 2. The van der Waals surface area contributed by atoms with Crippen LogP contribution in [0.25, 0.3) is 0 Å². The normalized spacial score (nSPS) is 23.4. The van der Waals surface area contributed by atoms with Gasteiger partial charge in [0.15, 0.2) is 0 Å². The van der Waals surface area contributed by atoms with Gasteiger partial charge in [-0.05, 0) is 49.2 Å². The van der Waals surface area contributed by atoms with Crippen LogP contribution in [-0.2, 0) is 9.59 Å². The van der Waals surface area contributed by atoms with Gasteiger partial charge >= 0.3 is 5.97 Å². The van der Waals surface area contributed by atoms with E-state index in [0.29, 0.717) is 12.8 Å². The number of piperidine rings is 1. The Labute approximate surface area is 130 Å². The maximum Gasteiger partial charge on any atom is 0.308 e. The summed E-state index contributed by atoms with van der Waals surface area (Å²) in [7, 11) is 0. The van der Waals surface area contributed by atoms with Crippen molar-refractivity contribution in [1.29, 1.82) is 0 Å². The number of halogens is 1. The van der Waals surface area contributed by atoms with Crippen LogP contribution in [-0.4, -0.2) is 27.9 Å². The smallest absolute Gasteiger partial charge is 0.308 e. The van der Waals surface area contributed by atoms with Crippen LogP contribution >= 0.6 is 27.3 Å².